The van der Waals surface area contributed by atoms with E-state index in [1.54, 1.807) is 18.3 Å². The smallest absolute Gasteiger partial charge is 0.338 e. The Hall–Kier alpha value is -1.58. The van der Waals surface area contributed by atoms with Crippen LogP contribution in [0.15, 0.2) is 18.3 Å². The molecule has 0 radical (unpaired) electrons. The maximum atomic E-state index is 11.4. The van der Waals surface area contributed by atoms with Crippen molar-refractivity contribution in [1.82, 2.24) is 4.98 Å². The van der Waals surface area contributed by atoms with Gasteiger partial charge in [0.1, 0.15) is 5.82 Å². The third kappa shape index (κ3) is 3.22. The van der Waals surface area contributed by atoms with E-state index in [0.29, 0.717) is 5.56 Å². The summed E-state index contributed by atoms with van der Waals surface area (Å²) in [5.41, 5.74) is 0.537. The largest absolute Gasteiger partial charge is 0.465 e. The van der Waals surface area contributed by atoms with Crippen molar-refractivity contribution in [3.63, 3.8) is 0 Å². The van der Waals surface area contributed by atoms with Gasteiger partial charge >= 0.3 is 5.97 Å². The number of nitrogens with one attached hydrogen (secondary N) is 1. The van der Waals surface area contributed by atoms with Gasteiger partial charge in [-0.25, -0.2) is 9.78 Å². The second-order valence-corrected chi connectivity index (χ2v) is 5.09. The molecule has 2 unspecified atom stereocenters. The van der Waals surface area contributed by atoms with Crippen molar-refractivity contribution in [2.45, 2.75) is 26.2 Å². The number of carbonyl (C=O) groups is 1. The lowest BCUT2D eigenvalue weighted by molar-refractivity contribution is 0.0600. The van der Waals surface area contributed by atoms with Crippen LogP contribution in [0, 0.1) is 11.8 Å². The van der Waals surface area contributed by atoms with E-state index in [2.05, 4.69) is 22.0 Å². The lowest BCUT2D eigenvalue weighted by Gasteiger charge is -2.12. The molecule has 0 spiro atoms. The third-order valence-electron chi connectivity index (χ3n) is 3.56. The molecule has 98 valence electrons. The number of hydrogen-bond donors (Lipinski definition) is 1. The van der Waals surface area contributed by atoms with E-state index in [1.165, 1.54) is 26.4 Å². The van der Waals surface area contributed by atoms with Crippen molar-refractivity contribution in [2.75, 3.05) is 19.0 Å². The molecule has 1 N–H and O–H groups in total. The van der Waals surface area contributed by atoms with Crippen molar-refractivity contribution in [2.24, 2.45) is 11.8 Å². The third-order valence-corrected chi connectivity index (χ3v) is 3.56. The number of aromatic nitrogens is 1. The Morgan fingerprint density at radius 3 is 3.06 bits per heavy atom. The highest BCUT2D eigenvalue weighted by atomic mass is 16.5. The van der Waals surface area contributed by atoms with Crippen LogP contribution in [0.1, 0.15) is 36.5 Å². The summed E-state index contributed by atoms with van der Waals surface area (Å²) < 4.78 is 4.69. The standard InChI is InChI=1S/C14H20N2O2/c1-10-3-4-11(7-10)9-16-13-8-12(5-6-15-13)14(17)18-2/h5-6,8,10-11H,3-4,7,9H2,1-2H3,(H,15,16). The van der Waals surface area contributed by atoms with Crippen LogP contribution in [0.25, 0.3) is 0 Å². The molecule has 0 saturated heterocycles. The molecule has 1 aliphatic rings. The Balaban J connectivity index is 1.91. The number of nitrogens with zero attached hydrogens (tertiary/aromatic N) is 1. The van der Waals surface area contributed by atoms with Crippen molar-refractivity contribution in [1.29, 1.82) is 0 Å². The number of rotatable bonds is 4. The van der Waals surface area contributed by atoms with E-state index < -0.39 is 0 Å². The van der Waals surface area contributed by atoms with E-state index in [0.717, 1.165) is 24.2 Å². The molecule has 4 nitrogen and oxygen atoms in total. The van der Waals surface area contributed by atoms with E-state index in [9.17, 15) is 4.79 Å². The lowest BCUT2D eigenvalue weighted by atomic mass is 10.1. The number of ether oxygens (including phenoxy) is 1. The Labute approximate surface area is 108 Å². The van der Waals surface area contributed by atoms with Gasteiger partial charge in [-0.05, 0) is 36.8 Å². The Morgan fingerprint density at radius 2 is 2.39 bits per heavy atom. The molecule has 1 aromatic rings. The molecular weight excluding hydrogens is 228 g/mol. The maximum absolute atomic E-state index is 11.4. The lowest BCUT2D eigenvalue weighted by Crippen LogP contribution is -2.13. The monoisotopic (exact) mass is 248 g/mol. The summed E-state index contributed by atoms with van der Waals surface area (Å²) in [5.74, 6) is 1.99. The predicted octanol–water partition coefficient (Wildman–Crippen LogP) is 2.72. The molecule has 1 heterocycles. The number of carbonyl (C=O) groups excluding carboxylic acids is 1. The first-order chi connectivity index (χ1) is 8.69. The topological polar surface area (TPSA) is 51.2 Å². The molecule has 4 heteroatoms. The minimum absolute atomic E-state index is 0.324. The number of hydrogen-bond acceptors (Lipinski definition) is 4. The zero-order chi connectivity index (χ0) is 13.0. The van der Waals surface area contributed by atoms with Gasteiger partial charge in [-0.2, -0.15) is 0 Å². The number of methoxy groups -OCH3 is 1. The van der Waals surface area contributed by atoms with Crippen LogP contribution < -0.4 is 5.32 Å². The van der Waals surface area contributed by atoms with E-state index in [4.69, 9.17) is 0 Å². The van der Waals surface area contributed by atoms with E-state index in [-0.39, 0.29) is 5.97 Å². The van der Waals surface area contributed by atoms with Gasteiger partial charge in [0.15, 0.2) is 0 Å². The molecule has 2 rings (SSSR count). The van der Waals surface area contributed by atoms with Gasteiger partial charge in [0.05, 0.1) is 12.7 Å². The second kappa shape index (κ2) is 5.85. The quantitative estimate of drug-likeness (QED) is 0.832. The van der Waals surface area contributed by atoms with Crippen LogP contribution in [0.2, 0.25) is 0 Å². The van der Waals surface area contributed by atoms with Crippen molar-refractivity contribution in [3.8, 4) is 0 Å². The first-order valence-corrected chi connectivity index (χ1v) is 6.47. The highest BCUT2D eigenvalue weighted by molar-refractivity contribution is 5.89. The van der Waals surface area contributed by atoms with Crippen LogP contribution in [0.5, 0.6) is 0 Å². The van der Waals surface area contributed by atoms with Gasteiger partial charge < -0.3 is 10.1 Å². The summed E-state index contributed by atoms with van der Waals surface area (Å²) in [6.45, 7) is 3.23. The fourth-order valence-corrected chi connectivity index (χ4v) is 2.53. The Bertz CT molecular complexity index is 420. The average Bonchev–Trinajstić information content (AvgIpc) is 2.81. The van der Waals surface area contributed by atoms with Crippen molar-refractivity contribution < 1.29 is 9.53 Å². The molecule has 1 saturated carbocycles. The SMILES string of the molecule is COC(=O)c1ccnc(NCC2CCC(C)C2)c1. The van der Waals surface area contributed by atoms with Crippen LogP contribution >= 0.6 is 0 Å². The molecule has 1 fully saturated rings. The molecule has 0 aliphatic heterocycles. The number of esters is 1. The Kier molecular flexibility index (Phi) is 4.18. The van der Waals surface area contributed by atoms with E-state index >= 15 is 0 Å². The Morgan fingerprint density at radius 1 is 1.56 bits per heavy atom. The summed E-state index contributed by atoms with van der Waals surface area (Å²) in [6, 6.07) is 3.40. The first kappa shape index (κ1) is 12.9. The summed E-state index contributed by atoms with van der Waals surface area (Å²) in [5, 5.41) is 3.31. The van der Waals surface area contributed by atoms with Gasteiger partial charge in [0.2, 0.25) is 0 Å². The molecule has 0 amide bonds. The molecule has 1 aliphatic carbocycles. The summed E-state index contributed by atoms with van der Waals surface area (Å²) in [4.78, 5) is 15.6. The molecule has 18 heavy (non-hydrogen) atoms. The minimum Gasteiger partial charge on any atom is -0.465 e. The normalized spacial score (nSPS) is 22.8. The highest BCUT2D eigenvalue weighted by Gasteiger charge is 2.20. The molecule has 0 bridgehead atoms. The van der Waals surface area contributed by atoms with Crippen LogP contribution in [0.3, 0.4) is 0 Å². The van der Waals surface area contributed by atoms with Gasteiger partial charge in [0.25, 0.3) is 0 Å². The van der Waals surface area contributed by atoms with Crippen LogP contribution in [-0.4, -0.2) is 24.6 Å². The highest BCUT2D eigenvalue weighted by Crippen LogP contribution is 2.30. The zero-order valence-electron chi connectivity index (χ0n) is 11.0. The van der Waals surface area contributed by atoms with Crippen LogP contribution in [-0.2, 0) is 4.74 Å². The maximum Gasteiger partial charge on any atom is 0.338 e. The van der Waals surface area contributed by atoms with Gasteiger partial charge in [-0.15, -0.1) is 0 Å². The molecule has 2 atom stereocenters. The molecular formula is C14H20N2O2. The summed E-state index contributed by atoms with van der Waals surface area (Å²) >= 11 is 0. The van der Waals surface area contributed by atoms with Gasteiger partial charge in [-0.1, -0.05) is 13.3 Å². The molecule has 0 aromatic carbocycles. The van der Waals surface area contributed by atoms with Crippen LogP contribution in [0.4, 0.5) is 5.82 Å². The minimum atomic E-state index is -0.324. The first-order valence-electron chi connectivity index (χ1n) is 6.47. The van der Waals surface area contributed by atoms with Crippen molar-refractivity contribution >= 4 is 11.8 Å². The number of anilines is 1. The zero-order valence-corrected chi connectivity index (χ0v) is 11.0. The van der Waals surface area contributed by atoms with Gasteiger partial charge in [-0.3, -0.25) is 0 Å². The average molecular weight is 248 g/mol. The fourth-order valence-electron chi connectivity index (χ4n) is 2.53. The second-order valence-electron chi connectivity index (χ2n) is 5.09. The van der Waals surface area contributed by atoms with E-state index in [1.807, 2.05) is 0 Å². The predicted molar refractivity (Wildman–Crippen MR) is 70.6 cm³/mol. The summed E-state index contributed by atoms with van der Waals surface area (Å²) in [7, 11) is 1.38. The van der Waals surface area contributed by atoms with Gasteiger partial charge in [0, 0.05) is 12.7 Å². The summed E-state index contributed by atoms with van der Waals surface area (Å²) in [6.07, 6.45) is 5.52. The fraction of sp³-hybridized carbons (Fsp3) is 0.571. The molecule has 1 aromatic heterocycles. The number of pyridine rings is 1. The van der Waals surface area contributed by atoms with Crippen molar-refractivity contribution in [3.05, 3.63) is 23.9 Å².